The van der Waals surface area contributed by atoms with E-state index in [4.69, 9.17) is 9.47 Å². The molecule has 0 amide bonds. The van der Waals surface area contributed by atoms with Crippen molar-refractivity contribution >= 4 is 0 Å². The van der Waals surface area contributed by atoms with E-state index >= 15 is 0 Å². The molecule has 20 heavy (non-hydrogen) atoms. The monoisotopic (exact) mass is 284 g/mol. The minimum Gasteiger partial charge on any atom is -0.359 e. The highest BCUT2D eigenvalue weighted by atomic mass is 16.5. The number of hydrogen-bond acceptors (Lipinski definition) is 4. The summed E-state index contributed by atoms with van der Waals surface area (Å²) in [7, 11) is 0. The molecule has 2 heterocycles. The average molecular weight is 284 g/mol. The third kappa shape index (κ3) is 3.73. The molecule has 118 valence electrons. The molecule has 2 saturated heterocycles. The van der Waals surface area contributed by atoms with Crippen LogP contribution in [0.3, 0.4) is 0 Å². The van der Waals surface area contributed by atoms with Crippen molar-refractivity contribution in [2.24, 2.45) is 11.8 Å². The van der Waals surface area contributed by atoms with Gasteiger partial charge in [-0.2, -0.15) is 0 Å². The van der Waals surface area contributed by atoms with E-state index in [0.29, 0.717) is 24.0 Å². The van der Waals surface area contributed by atoms with Crippen LogP contribution in [0.4, 0.5) is 0 Å². The Morgan fingerprint density at radius 2 is 1.15 bits per heavy atom. The summed E-state index contributed by atoms with van der Waals surface area (Å²) in [6.07, 6.45) is 1.28. The van der Waals surface area contributed by atoms with Gasteiger partial charge in [-0.15, -0.1) is 0 Å². The zero-order chi connectivity index (χ0) is 14.9. The van der Waals surface area contributed by atoms with Crippen molar-refractivity contribution in [1.29, 1.82) is 0 Å². The molecule has 4 atom stereocenters. The van der Waals surface area contributed by atoms with Gasteiger partial charge in [-0.05, 0) is 25.7 Å². The maximum Gasteiger partial charge on any atom is 0.113 e. The predicted molar refractivity (Wildman–Crippen MR) is 81.5 cm³/mol. The Hall–Kier alpha value is -0.160. The van der Waals surface area contributed by atoms with Crippen LogP contribution in [0.5, 0.6) is 0 Å². The van der Waals surface area contributed by atoms with E-state index in [1.165, 1.54) is 0 Å². The van der Waals surface area contributed by atoms with Gasteiger partial charge < -0.3 is 9.47 Å². The average Bonchev–Trinajstić information content (AvgIpc) is 2.89. The molecule has 0 aromatic carbocycles. The molecule has 0 N–H and O–H groups in total. The van der Waals surface area contributed by atoms with Gasteiger partial charge in [0.15, 0.2) is 0 Å². The SMILES string of the molecule is CC1CN(CCN2CC(C)OC2C(C)C)C(C(C)C)O1. The van der Waals surface area contributed by atoms with Crippen molar-refractivity contribution in [2.75, 3.05) is 26.2 Å². The van der Waals surface area contributed by atoms with Gasteiger partial charge in [-0.3, -0.25) is 9.80 Å². The van der Waals surface area contributed by atoms with Gasteiger partial charge in [0.1, 0.15) is 12.5 Å². The van der Waals surface area contributed by atoms with Crippen molar-refractivity contribution in [3.05, 3.63) is 0 Å². The van der Waals surface area contributed by atoms with Crippen LogP contribution in [0, 0.1) is 11.8 Å². The lowest BCUT2D eigenvalue weighted by molar-refractivity contribution is -0.0428. The summed E-state index contributed by atoms with van der Waals surface area (Å²) < 4.78 is 12.0. The molecule has 4 nitrogen and oxygen atoms in total. The van der Waals surface area contributed by atoms with Gasteiger partial charge in [0.05, 0.1) is 12.2 Å². The second kappa shape index (κ2) is 6.73. The van der Waals surface area contributed by atoms with Gasteiger partial charge in [-0.25, -0.2) is 0 Å². The highest BCUT2D eigenvalue weighted by Crippen LogP contribution is 2.25. The lowest BCUT2D eigenvalue weighted by Gasteiger charge is -2.30. The summed E-state index contributed by atoms with van der Waals surface area (Å²) >= 11 is 0. The highest BCUT2D eigenvalue weighted by molar-refractivity contribution is 4.82. The van der Waals surface area contributed by atoms with Gasteiger partial charge in [-0.1, -0.05) is 27.7 Å². The van der Waals surface area contributed by atoms with E-state index in [1.807, 2.05) is 0 Å². The van der Waals surface area contributed by atoms with Crippen LogP contribution < -0.4 is 0 Å². The van der Waals surface area contributed by atoms with Crippen LogP contribution in [0.2, 0.25) is 0 Å². The lowest BCUT2D eigenvalue weighted by atomic mass is 10.1. The summed E-state index contributed by atoms with van der Waals surface area (Å²) in [6, 6.07) is 0. The Morgan fingerprint density at radius 3 is 1.45 bits per heavy atom. The first-order valence-corrected chi connectivity index (χ1v) is 8.17. The van der Waals surface area contributed by atoms with Crippen molar-refractivity contribution in [1.82, 2.24) is 9.80 Å². The van der Waals surface area contributed by atoms with Crippen LogP contribution in [0.15, 0.2) is 0 Å². The van der Waals surface area contributed by atoms with Gasteiger partial charge in [0.2, 0.25) is 0 Å². The van der Waals surface area contributed by atoms with E-state index in [2.05, 4.69) is 51.3 Å². The van der Waals surface area contributed by atoms with Gasteiger partial charge >= 0.3 is 0 Å². The summed E-state index contributed by atoms with van der Waals surface area (Å²) in [6.45, 7) is 17.6. The molecule has 0 radical (unpaired) electrons. The first kappa shape index (κ1) is 16.2. The maximum absolute atomic E-state index is 6.02. The Balaban J connectivity index is 1.87. The summed E-state index contributed by atoms with van der Waals surface area (Å²) in [4.78, 5) is 4.99. The molecule has 0 saturated carbocycles. The summed E-state index contributed by atoms with van der Waals surface area (Å²) in [5, 5.41) is 0. The fourth-order valence-corrected chi connectivity index (χ4v) is 3.45. The minimum absolute atomic E-state index is 0.281. The van der Waals surface area contributed by atoms with Gasteiger partial charge in [0, 0.05) is 26.2 Å². The van der Waals surface area contributed by atoms with Gasteiger partial charge in [0.25, 0.3) is 0 Å². The molecule has 2 rings (SSSR count). The molecule has 0 aromatic rings. The van der Waals surface area contributed by atoms with Crippen LogP contribution in [0.1, 0.15) is 41.5 Å². The quantitative estimate of drug-likeness (QED) is 0.774. The van der Waals surface area contributed by atoms with E-state index in [1.54, 1.807) is 0 Å². The van der Waals surface area contributed by atoms with Crippen molar-refractivity contribution in [3.8, 4) is 0 Å². The fraction of sp³-hybridized carbons (Fsp3) is 1.00. The minimum atomic E-state index is 0.281. The molecule has 4 heteroatoms. The largest absolute Gasteiger partial charge is 0.359 e. The molecule has 2 fully saturated rings. The normalized spacial score (nSPS) is 36.6. The smallest absolute Gasteiger partial charge is 0.113 e. The van der Waals surface area contributed by atoms with Crippen LogP contribution in [0.25, 0.3) is 0 Å². The van der Waals surface area contributed by atoms with Crippen molar-refractivity contribution < 1.29 is 9.47 Å². The second-order valence-corrected chi connectivity index (χ2v) is 7.15. The molecule has 0 spiro atoms. The van der Waals surface area contributed by atoms with E-state index in [9.17, 15) is 0 Å². The van der Waals surface area contributed by atoms with E-state index < -0.39 is 0 Å². The highest BCUT2D eigenvalue weighted by Gasteiger charge is 2.35. The predicted octanol–water partition coefficient (Wildman–Crippen LogP) is 2.39. The molecule has 0 bridgehead atoms. The molecule has 4 unspecified atom stereocenters. The molecule has 2 aliphatic rings. The van der Waals surface area contributed by atoms with Crippen LogP contribution in [-0.2, 0) is 9.47 Å². The lowest BCUT2D eigenvalue weighted by Crippen LogP contribution is -2.43. The Labute approximate surface area is 124 Å². The first-order chi connectivity index (χ1) is 9.38. The van der Waals surface area contributed by atoms with Crippen molar-refractivity contribution in [3.63, 3.8) is 0 Å². The first-order valence-electron chi connectivity index (χ1n) is 8.17. The number of rotatable bonds is 5. The second-order valence-electron chi connectivity index (χ2n) is 7.15. The third-order valence-electron chi connectivity index (χ3n) is 4.26. The Bertz CT molecular complexity index is 279. The molecule has 2 aliphatic heterocycles. The molecule has 0 aliphatic carbocycles. The molecular formula is C16H32N2O2. The third-order valence-corrected chi connectivity index (χ3v) is 4.26. The zero-order valence-corrected chi connectivity index (χ0v) is 14.0. The summed E-state index contributed by atoms with van der Waals surface area (Å²) in [5.41, 5.74) is 0. The maximum atomic E-state index is 6.02. The van der Waals surface area contributed by atoms with Crippen LogP contribution in [-0.4, -0.2) is 60.6 Å². The topological polar surface area (TPSA) is 24.9 Å². The Kier molecular flexibility index (Phi) is 5.46. The van der Waals surface area contributed by atoms with E-state index in [0.717, 1.165) is 26.2 Å². The molecular weight excluding hydrogens is 252 g/mol. The summed E-state index contributed by atoms with van der Waals surface area (Å²) in [5.74, 6) is 1.10. The van der Waals surface area contributed by atoms with E-state index in [-0.39, 0.29) is 12.5 Å². The van der Waals surface area contributed by atoms with Crippen LogP contribution >= 0.6 is 0 Å². The van der Waals surface area contributed by atoms with Crippen molar-refractivity contribution in [2.45, 2.75) is 66.2 Å². The number of nitrogens with zero attached hydrogens (tertiary/aromatic N) is 2. The molecule has 0 aromatic heterocycles. The fourth-order valence-electron chi connectivity index (χ4n) is 3.45. The zero-order valence-electron chi connectivity index (χ0n) is 14.0. The standard InChI is InChI=1S/C16H32N2O2/c1-11(2)15-17(9-13(5)19-15)7-8-18-10-14(6)20-16(18)12(3)4/h11-16H,7-10H2,1-6H3. The number of hydrogen-bond donors (Lipinski definition) is 0. The number of ether oxygens (including phenoxy) is 2. The Morgan fingerprint density at radius 1 is 0.800 bits per heavy atom.